The molecule has 2 atom stereocenters. The van der Waals surface area contributed by atoms with Crippen molar-refractivity contribution >= 4 is 11.3 Å². The fourth-order valence-corrected chi connectivity index (χ4v) is 3.52. The van der Waals surface area contributed by atoms with Crippen LogP contribution < -0.4 is 10.5 Å². The Hall–Kier alpha value is -1.36. The van der Waals surface area contributed by atoms with Gasteiger partial charge in [0.15, 0.2) is 0 Å². The van der Waals surface area contributed by atoms with E-state index in [1.54, 1.807) is 18.4 Å². The Kier molecular flexibility index (Phi) is 5.79. The summed E-state index contributed by atoms with van der Waals surface area (Å²) in [5.41, 5.74) is 7.62. The number of hydrogen-bond donors (Lipinski definition) is 1. The molecule has 3 nitrogen and oxygen atoms in total. The third-order valence-corrected chi connectivity index (χ3v) is 4.72. The average molecular weight is 304 g/mol. The number of benzene rings is 1. The molecule has 0 aliphatic carbocycles. The van der Waals surface area contributed by atoms with Crippen molar-refractivity contribution in [1.29, 1.82) is 0 Å². The molecular formula is C17H24N2OS. The zero-order valence-electron chi connectivity index (χ0n) is 13.0. The lowest BCUT2D eigenvalue weighted by molar-refractivity contribution is 0.205. The van der Waals surface area contributed by atoms with Crippen LogP contribution in [0.3, 0.4) is 0 Å². The van der Waals surface area contributed by atoms with Crippen LogP contribution in [-0.2, 0) is 6.54 Å². The predicted molar refractivity (Wildman–Crippen MR) is 89.8 cm³/mol. The summed E-state index contributed by atoms with van der Waals surface area (Å²) >= 11 is 1.78. The Morgan fingerprint density at radius 1 is 1.24 bits per heavy atom. The lowest BCUT2D eigenvalue weighted by Gasteiger charge is -2.31. The normalized spacial score (nSPS) is 14.1. The third kappa shape index (κ3) is 4.06. The summed E-state index contributed by atoms with van der Waals surface area (Å²) in [4.78, 5) is 3.67. The smallest absolute Gasteiger partial charge is 0.118 e. The van der Waals surface area contributed by atoms with E-state index in [2.05, 4.69) is 48.5 Å². The van der Waals surface area contributed by atoms with Gasteiger partial charge in [-0.1, -0.05) is 25.1 Å². The topological polar surface area (TPSA) is 38.5 Å². The fourth-order valence-electron chi connectivity index (χ4n) is 2.56. The summed E-state index contributed by atoms with van der Waals surface area (Å²) < 4.78 is 5.20. The second-order valence-electron chi connectivity index (χ2n) is 5.30. The van der Waals surface area contributed by atoms with Crippen molar-refractivity contribution in [2.75, 3.05) is 14.2 Å². The van der Waals surface area contributed by atoms with Gasteiger partial charge in [-0.15, -0.1) is 11.3 Å². The molecule has 1 aromatic carbocycles. The van der Waals surface area contributed by atoms with Gasteiger partial charge in [0, 0.05) is 17.5 Å². The quantitative estimate of drug-likeness (QED) is 0.848. The van der Waals surface area contributed by atoms with Gasteiger partial charge in [0.1, 0.15) is 5.75 Å². The minimum atomic E-state index is 0.145. The number of methoxy groups -OCH3 is 1. The van der Waals surface area contributed by atoms with Crippen molar-refractivity contribution in [3.63, 3.8) is 0 Å². The summed E-state index contributed by atoms with van der Waals surface area (Å²) in [6, 6.07) is 12.9. The van der Waals surface area contributed by atoms with Gasteiger partial charge >= 0.3 is 0 Å². The van der Waals surface area contributed by atoms with Crippen LogP contribution in [0, 0.1) is 0 Å². The Morgan fingerprint density at radius 3 is 2.48 bits per heavy atom. The maximum Gasteiger partial charge on any atom is 0.118 e. The van der Waals surface area contributed by atoms with Crippen molar-refractivity contribution in [3.8, 4) is 5.75 Å². The van der Waals surface area contributed by atoms with Crippen LogP contribution in [0.1, 0.15) is 29.8 Å². The van der Waals surface area contributed by atoms with Gasteiger partial charge in [-0.3, -0.25) is 4.90 Å². The molecule has 0 fully saturated rings. The Morgan fingerprint density at radius 2 is 1.95 bits per heavy atom. The summed E-state index contributed by atoms with van der Waals surface area (Å²) in [6.45, 7) is 3.02. The molecule has 0 aliphatic heterocycles. The van der Waals surface area contributed by atoms with E-state index < -0.39 is 0 Å². The van der Waals surface area contributed by atoms with Crippen LogP contribution in [-0.4, -0.2) is 25.1 Å². The SMILES string of the molecule is CCC(N)C(c1cccs1)N(C)Cc1ccc(OC)cc1. The van der Waals surface area contributed by atoms with Crippen LogP contribution in [0.15, 0.2) is 41.8 Å². The highest BCUT2D eigenvalue weighted by atomic mass is 32.1. The molecule has 2 unspecified atom stereocenters. The van der Waals surface area contributed by atoms with Gasteiger partial charge < -0.3 is 10.5 Å². The van der Waals surface area contributed by atoms with E-state index in [-0.39, 0.29) is 12.1 Å². The minimum absolute atomic E-state index is 0.145. The van der Waals surface area contributed by atoms with Crippen molar-refractivity contribution in [2.45, 2.75) is 32.0 Å². The zero-order chi connectivity index (χ0) is 15.2. The molecule has 21 heavy (non-hydrogen) atoms. The van der Waals surface area contributed by atoms with E-state index in [0.29, 0.717) is 0 Å². The van der Waals surface area contributed by atoms with Gasteiger partial charge in [-0.2, -0.15) is 0 Å². The second kappa shape index (κ2) is 7.59. The molecule has 1 aromatic heterocycles. The fraction of sp³-hybridized carbons (Fsp3) is 0.412. The molecule has 0 saturated carbocycles. The molecule has 0 aliphatic rings. The highest BCUT2D eigenvalue weighted by molar-refractivity contribution is 7.10. The molecule has 0 spiro atoms. The Balaban J connectivity index is 2.12. The molecule has 0 bridgehead atoms. The van der Waals surface area contributed by atoms with E-state index in [1.165, 1.54) is 10.4 Å². The van der Waals surface area contributed by atoms with E-state index >= 15 is 0 Å². The maximum absolute atomic E-state index is 6.35. The number of nitrogens with two attached hydrogens (primary N) is 1. The van der Waals surface area contributed by atoms with Crippen molar-refractivity contribution in [2.24, 2.45) is 5.73 Å². The van der Waals surface area contributed by atoms with Crippen molar-refractivity contribution in [1.82, 2.24) is 4.90 Å². The standard InChI is InChI=1S/C17H24N2OS/c1-4-15(18)17(16-6-5-11-21-16)19(2)12-13-7-9-14(20-3)10-8-13/h5-11,15,17H,4,12,18H2,1-3H3. The third-order valence-electron chi connectivity index (χ3n) is 3.78. The van der Waals surface area contributed by atoms with Crippen LogP contribution in [0.5, 0.6) is 5.75 Å². The van der Waals surface area contributed by atoms with Crippen LogP contribution >= 0.6 is 11.3 Å². The van der Waals surface area contributed by atoms with Gasteiger partial charge in [0.25, 0.3) is 0 Å². The molecule has 0 saturated heterocycles. The lowest BCUT2D eigenvalue weighted by atomic mass is 10.0. The van der Waals surface area contributed by atoms with E-state index in [4.69, 9.17) is 10.5 Å². The number of rotatable bonds is 7. The first kappa shape index (κ1) is 16.0. The molecule has 4 heteroatoms. The summed E-state index contributed by atoms with van der Waals surface area (Å²) in [5.74, 6) is 0.890. The molecule has 0 amide bonds. The first-order valence-electron chi connectivity index (χ1n) is 7.27. The summed E-state index contributed by atoms with van der Waals surface area (Å²) in [5, 5.41) is 2.12. The van der Waals surface area contributed by atoms with Gasteiger partial charge in [0.2, 0.25) is 0 Å². The van der Waals surface area contributed by atoms with Gasteiger partial charge in [0.05, 0.1) is 13.2 Å². The predicted octanol–water partition coefficient (Wildman–Crippen LogP) is 3.67. The highest BCUT2D eigenvalue weighted by Gasteiger charge is 2.24. The van der Waals surface area contributed by atoms with Crippen LogP contribution in [0.2, 0.25) is 0 Å². The van der Waals surface area contributed by atoms with Crippen LogP contribution in [0.4, 0.5) is 0 Å². The minimum Gasteiger partial charge on any atom is -0.497 e. The van der Waals surface area contributed by atoms with E-state index in [0.717, 1.165) is 18.7 Å². The molecule has 2 rings (SSSR count). The summed E-state index contributed by atoms with van der Waals surface area (Å²) in [6.07, 6.45) is 0.968. The zero-order valence-corrected chi connectivity index (χ0v) is 13.8. The van der Waals surface area contributed by atoms with Crippen molar-refractivity contribution < 1.29 is 4.74 Å². The van der Waals surface area contributed by atoms with E-state index in [1.807, 2.05) is 12.1 Å². The molecule has 2 N–H and O–H groups in total. The first-order valence-corrected chi connectivity index (χ1v) is 8.15. The van der Waals surface area contributed by atoms with Crippen LogP contribution in [0.25, 0.3) is 0 Å². The maximum atomic E-state index is 6.35. The number of likely N-dealkylation sites (N-methyl/N-ethyl adjacent to an activating group) is 1. The number of thiophene rings is 1. The molecular weight excluding hydrogens is 280 g/mol. The largest absolute Gasteiger partial charge is 0.497 e. The number of nitrogens with zero attached hydrogens (tertiary/aromatic N) is 1. The van der Waals surface area contributed by atoms with Gasteiger partial charge in [-0.25, -0.2) is 0 Å². The Bertz CT molecular complexity index is 524. The highest BCUT2D eigenvalue weighted by Crippen LogP contribution is 2.29. The average Bonchev–Trinajstić information content (AvgIpc) is 3.02. The monoisotopic (exact) mass is 304 g/mol. The second-order valence-corrected chi connectivity index (χ2v) is 6.27. The molecule has 1 heterocycles. The molecule has 114 valence electrons. The molecule has 0 radical (unpaired) electrons. The summed E-state index contributed by atoms with van der Waals surface area (Å²) in [7, 11) is 3.83. The number of hydrogen-bond acceptors (Lipinski definition) is 4. The molecule has 2 aromatic rings. The lowest BCUT2D eigenvalue weighted by Crippen LogP contribution is -2.38. The van der Waals surface area contributed by atoms with Crippen molar-refractivity contribution in [3.05, 3.63) is 52.2 Å². The number of ether oxygens (including phenoxy) is 1. The Labute approximate surface area is 131 Å². The van der Waals surface area contributed by atoms with E-state index in [9.17, 15) is 0 Å². The van der Waals surface area contributed by atoms with Gasteiger partial charge in [-0.05, 0) is 42.6 Å². The first-order chi connectivity index (χ1) is 10.2.